The maximum atomic E-state index is 9.42. The zero-order valence-corrected chi connectivity index (χ0v) is 10.8. The van der Waals surface area contributed by atoms with E-state index in [1.165, 1.54) is 31.1 Å². The van der Waals surface area contributed by atoms with E-state index in [0.29, 0.717) is 6.04 Å². The van der Waals surface area contributed by atoms with Gasteiger partial charge in [0, 0.05) is 43.7 Å². The monoisotopic (exact) mass is 244 g/mol. The van der Waals surface area contributed by atoms with Crippen LogP contribution >= 0.6 is 11.8 Å². The first-order chi connectivity index (χ1) is 7.84. The second-order valence-electron chi connectivity index (χ2n) is 4.91. The van der Waals surface area contributed by atoms with Crippen molar-refractivity contribution in [3.8, 4) is 0 Å². The first kappa shape index (κ1) is 12.7. The normalized spacial score (nSPS) is 32.8. The van der Waals surface area contributed by atoms with Crippen LogP contribution in [0.5, 0.6) is 0 Å². The summed E-state index contributed by atoms with van der Waals surface area (Å²) in [6.45, 7) is 4.83. The van der Waals surface area contributed by atoms with Crippen molar-refractivity contribution in [3.05, 3.63) is 0 Å². The van der Waals surface area contributed by atoms with Gasteiger partial charge in [-0.05, 0) is 25.7 Å². The van der Waals surface area contributed by atoms with Gasteiger partial charge in [-0.2, -0.15) is 11.8 Å². The van der Waals surface area contributed by atoms with Gasteiger partial charge < -0.3 is 15.3 Å². The summed E-state index contributed by atoms with van der Waals surface area (Å²) in [7, 11) is 0. The summed E-state index contributed by atoms with van der Waals surface area (Å²) in [5.74, 6) is 2.60. The van der Waals surface area contributed by atoms with Crippen molar-refractivity contribution in [2.45, 2.75) is 37.8 Å². The topological polar surface area (TPSA) is 35.5 Å². The van der Waals surface area contributed by atoms with Gasteiger partial charge in [-0.1, -0.05) is 0 Å². The molecule has 2 aliphatic rings. The molecule has 2 fully saturated rings. The van der Waals surface area contributed by atoms with Gasteiger partial charge in [-0.15, -0.1) is 0 Å². The summed E-state index contributed by atoms with van der Waals surface area (Å²) in [6, 6.07) is 0.655. The highest BCUT2D eigenvalue weighted by molar-refractivity contribution is 7.99. The molecule has 0 aromatic carbocycles. The Morgan fingerprint density at radius 2 is 1.81 bits per heavy atom. The Morgan fingerprint density at radius 1 is 1.12 bits per heavy atom. The summed E-state index contributed by atoms with van der Waals surface area (Å²) >= 11 is 2.07. The molecule has 0 atom stereocenters. The van der Waals surface area contributed by atoms with E-state index in [9.17, 15) is 5.11 Å². The smallest absolute Gasteiger partial charge is 0.0541 e. The second kappa shape index (κ2) is 6.84. The van der Waals surface area contributed by atoms with Crippen LogP contribution in [0.25, 0.3) is 0 Å². The molecule has 1 aliphatic heterocycles. The Balaban J connectivity index is 1.53. The molecule has 2 rings (SSSR count). The van der Waals surface area contributed by atoms with Gasteiger partial charge in [0.15, 0.2) is 0 Å². The minimum atomic E-state index is -0.0304. The number of nitrogens with zero attached hydrogens (tertiary/aromatic N) is 1. The third-order valence-electron chi connectivity index (χ3n) is 3.66. The molecule has 16 heavy (non-hydrogen) atoms. The fourth-order valence-electron chi connectivity index (χ4n) is 2.53. The number of hydrogen-bond acceptors (Lipinski definition) is 4. The Bertz CT molecular complexity index is 189. The van der Waals surface area contributed by atoms with Crippen LogP contribution in [0.4, 0.5) is 0 Å². The second-order valence-corrected chi connectivity index (χ2v) is 6.14. The molecule has 2 N–H and O–H groups in total. The minimum Gasteiger partial charge on any atom is -0.393 e. The first-order valence-electron chi connectivity index (χ1n) is 6.56. The van der Waals surface area contributed by atoms with E-state index in [1.807, 2.05) is 0 Å². The van der Waals surface area contributed by atoms with Crippen LogP contribution in [-0.4, -0.2) is 59.8 Å². The fourth-order valence-corrected chi connectivity index (χ4v) is 3.51. The molecular formula is C12H24N2OS. The highest BCUT2D eigenvalue weighted by Crippen LogP contribution is 2.18. The van der Waals surface area contributed by atoms with E-state index < -0.39 is 0 Å². The molecule has 3 nitrogen and oxygen atoms in total. The summed E-state index contributed by atoms with van der Waals surface area (Å²) in [5.41, 5.74) is 0. The zero-order chi connectivity index (χ0) is 11.2. The number of aliphatic hydroxyl groups excluding tert-OH is 1. The molecule has 1 heterocycles. The van der Waals surface area contributed by atoms with Crippen LogP contribution in [0.15, 0.2) is 0 Å². The number of aliphatic hydroxyl groups is 1. The molecule has 0 aromatic heterocycles. The molecule has 4 heteroatoms. The fraction of sp³-hybridized carbons (Fsp3) is 1.00. The van der Waals surface area contributed by atoms with E-state index in [-0.39, 0.29) is 6.10 Å². The van der Waals surface area contributed by atoms with Gasteiger partial charge in [-0.25, -0.2) is 0 Å². The molecule has 0 radical (unpaired) electrons. The summed E-state index contributed by atoms with van der Waals surface area (Å²) in [4.78, 5) is 2.56. The van der Waals surface area contributed by atoms with Crippen molar-refractivity contribution in [3.63, 3.8) is 0 Å². The average molecular weight is 244 g/mol. The lowest BCUT2D eigenvalue weighted by Crippen LogP contribution is -2.42. The lowest BCUT2D eigenvalue weighted by molar-refractivity contribution is 0.116. The largest absolute Gasteiger partial charge is 0.393 e. The Hall–Kier alpha value is 0.230. The van der Waals surface area contributed by atoms with Gasteiger partial charge in [0.05, 0.1) is 6.10 Å². The quantitative estimate of drug-likeness (QED) is 0.771. The SMILES string of the molecule is OC1CCC(NCCN2CCSCC2)CC1. The van der Waals surface area contributed by atoms with Crippen molar-refractivity contribution >= 4 is 11.8 Å². The van der Waals surface area contributed by atoms with Crippen LogP contribution in [0.2, 0.25) is 0 Å². The van der Waals surface area contributed by atoms with Crippen LogP contribution in [-0.2, 0) is 0 Å². The molecule has 0 aromatic rings. The van der Waals surface area contributed by atoms with E-state index in [0.717, 1.165) is 32.2 Å². The Morgan fingerprint density at radius 3 is 2.50 bits per heavy atom. The van der Waals surface area contributed by atoms with Crippen LogP contribution < -0.4 is 5.32 Å². The third-order valence-corrected chi connectivity index (χ3v) is 4.60. The van der Waals surface area contributed by atoms with Crippen molar-refractivity contribution in [1.82, 2.24) is 10.2 Å². The molecule has 0 spiro atoms. The highest BCUT2D eigenvalue weighted by atomic mass is 32.2. The van der Waals surface area contributed by atoms with Crippen molar-refractivity contribution in [2.24, 2.45) is 0 Å². The standard InChI is InChI=1S/C12H24N2OS/c15-12-3-1-11(2-4-12)13-5-6-14-7-9-16-10-8-14/h11-13,15H,1-10H2. The molecule has 0 bridgehead atoms. The van der Waals surface area contributed by atoms with Gasteiger partial charge in [0.25, 0.3) is 0 Å². The molecule has 1 saturated carbocycles. The predicted molar refractivity (Wildman–Crippen MR) is 70.0 cm³/mol. The lowest BCUT2D eigenvalue weighted by Gasteiger charge is -2.29. The van der Waals surface area contributed by atoms with Gasteiger partial charge in [0.2, 0.25) is 0 Å². The van der Waals surface area contributed by atoms with Gasteiger partial charge >= 0.3 is 0 Å². The summed E-state index contributed by atoms with van der Waals surface area (Å²) in [6.07, 6.45) is 4.24. The minimum absolute atomic E-state index is 0.0304. The Kier molecular flexibility index (Phi) is 5.42. The average Bonchev–Trinajstić information content (AvgIpc) is 2.33. The molecule has 1 saturated heterocycles. The van der Waals surface area contributed by atoms with E-state index in [1.54, 1.807) is 0 Å². The maximum Gasteiger partial charge on any atom is 0.0541 e. The highest BCUT2D eigenvalue weighted by Gasteiger charge is 2.18. The number of rotatable bonds is 4. The predicted octanol–water partition coefficient (Wildman–Crippen LogP) is 0.928. The Labute approximate surface area is 103 Å². The maximum absolute atomic E-state index is 9.42. The van der Waals surface area contributed by atoms with Crippen molar-refractivity contribution < 1.29 is 5.11 Å². The summed E-state index contributed by atoms with van der Waals surface area (Å²) < 4.78 is 0. The molecule has 0 unspecified atom stereocenters. The number of thioether (sulfide) groups is 1. The van der Waals surface area contributed by atoms with Crippen LogP contribution in [0.3, 0.4) is 0 Å². The van der Waals surface area contributed by atoms with Crippen LogP contribution in [0, 0.1) is 0 Å². The lowest BCUT2D eigenvalue weighted by atomic mass is 9.93. The molecule has 94 valence electrons. The zero-order valence-electron chi connectivity index (χ0n) is 10.0. The number of hydrogen-bond donors (Lipinski definition) is 2. The van der Waals surface area contributed by atoms with Gasteiger partial charge in [-0.3, -0.25) is 0 Å². The number of nitrogens with one attached hydrogen (secondary N) is 1. The third kappa shape index (κ3) is 4.24. The molecular weight excluding hydrogens is 220 g/mol. The van der Waals surface area contributed by atoms with Gasteiger partial charge in [0.1, 0.15) is 0 Å². The van der Waals surface area contributed by atoms with E-state index in [4.69, 9.17) is 0 Å². The van der Waals surface area contributed by atoms with E-state index in [2.05, 4.69) is 22.0 Å². The molecule has 0 amide bonds. The van der Waals surface area contributed by atoms with E-state index >= 15 is 0 Å². The summed E-state index contributed by atoms with van der Waals surface area (Å²) in [5, 5.41) is 13.0. The van der Waals surface area contributed by atoms with Crippen LogP contribution in [0.1, 0.15) is 25.7 Å². The van der Waals surface area contributed by atoms with Crippen molar-refractivity contribution in [1.29, 1.82) is 0 Å². The van der Waals surface area contributed by atoms with Crippen molar-refractivity contribution in [2.75, 3.05) is 37.7 Å². The molecule has 1 aliphatic carbocycles. The first-order valence-corrected chi connectivity index (χ1v) is 7.71.